The minimum atomic E-state index is -1.06. The largest absolute Gasteiger partial charge is 0.344 e. The van der Waals surface area contributed by atoms with Crippen LogP contribution in [0.1, 0.15) is 32.3 Å². The maximum absolute atomic E-state index is 12.8. The number of hydrogen-bond acceptors (Lipinski definition) is 5. The van der Waals surface area contributed by atoms with Crippen molar-refractivity contribution in [2.45, 2.75) is 38.6 Å². The van der Waals surface area contributed by atoms with Gasteiger partial charge in [0.1, 0.15) is 5.54 Å². The molecule has 2 fully saturated rings. The number of aryl methyl sites for hydroxylation is 1. The molecule has 2 aliphatic heterocycles. The summed E-state index contributed by atoms with van der Waals surface area (Å²) in [4.78, 5) is 52.8. The Labute approximate surface area is 176 Å². The van der Waals surface area contributed by atoms with Gasteiger partial charge in [0.15, 0.2) is 0 Å². The maximum atomic E-state index is 12.8. The third-order valence-electron chi connectivity index (χ3n) is 5.66. The SMILES string of the molecule is CC(=O)N1CCCN(CC(=O)NN2C(=O)N[C@@](C)(CCc3ccccc3)C2=O)CC1. The third-order valence-corrected chi connectivity index (χ3v) is 5.66. The zero-order valence-corrected chi connectivity index (χ0v) is 17.5. The van der Waals surface area contributed by atoms with Gasteiger partial charge >= 0.3 is 6.03 Å². The van der Waals surface area contributed by atoms with E-state index >= 15 is 0 Å². The summed E-state index contributed by atoms with van der Waals surface area (Å²) >= 11 is 0. The molecule has 1 aromatic carbocycles. The number of nitrogens with one attached hydrogen (secondary N) is 2. The van der Waals surface area contributed by atoms with Crippen molar-refractivity contribution in [3.05, 3.63) is 35.9 Å². The van der Waals surface area contributed by atoms with Crippen molar-refractivity contribution in [3.8, 4) is 0 Å². The van der Waals surface area contributed by atoms with Crippen LogP contribution in [0.15, 0.2) is 30.3 Å². The van der Waals surface area contributed by atoms with Crippen LogP contribution in [0, 0.1) is 0 Å². The van der Waals surface area contributed by atoms with Gasteiger partial charge in [-0.2, -0.15) is 5.01 Å². The van der Waals surface area contributed by atoms with Gasteiger partial charge in [0.2, 0.25) is 5.91 Å². The molecule has 0 spiro atoms. The zero-order chi connectivity index (χ0) is 21.7. The van der Waals surface area contributed by atoms with E-state index in [1.165, 1.54) is 6.92 Å². The van der Waals surface area contributed by atoms with E-state index in [0.29, 0.717) is 39.0 Å². The van der Waals surface area contributed by atoms with Gasteiger partial charge in [-0.25, -0.2) is 4.79 Å². The number of hydrazine groups is 1. The van der Waals surface area contributed by atoms with Gasteiger partial charge in [-0.15, -0.1) is 0 Å². The molecule has 0 aromatic heterocycles. The van der Waals surface area contributed by atoms with Crippen LogP contribution in [-0.2, 0) is 20.8 Å². The molecule has 0 saturated carbocycles. The molecule has 1 aromatic rings. The number of rotatable bonds is 6. The van der Waals surface area contributed by atoms with Crippen LogP contribution in [0.25, 0.3) is 0 Å². The number of benzene rings is 1. The second-order valence-electron chi connectivity index (χ2n) is 8.06. The Morgan fingerprint density at radius 1 is 1.10 bits per heavy atom. The molecular weight excluding hydrogens is 386 g/mol. The monoisotopic (exact) mass is 415 g/mol. The molecule has 0 aliphatic carbocycles. The minimum absolute atomic E-state index is 0.0235. The lowest BCUT2D eigenvalue weighted by Crippen LogP contribution is -2.51. The van der Waals surface area contributed by atoms with Crippen molar-refractivity contribution < 1.29 is 19.2 Å². The van der Waals surface area contributed by atoms with Gasteiger partial charge in [-0.1, -0.05) is 30.3 Å². The first kappa shape index (κ1) is 21.8. The summed E-state index contributed by atoms with van der Waals surface area (Å²) in [7, 11) is 0. The van der Waals surface area contributed by atoms with Gasteiger partial charge < -0.3 is 10.2 Å². The Morgan fingerprint density at radius 2 is 1.83 bits per heavy atom. The molecule has 162 valence electrons. The fraction of sp³-hybridized carbons (Fsp3) is 0.524. The summed E-state index contributed by atoms with van der Waals surface area (Å²) in [5.41, 5.74) is 2.45. The van der Waals surface area contributed by atoms with Crippen molar-refractivity contribution in [2.75, 3.05) is 32.7 Å². The highest BCUT2D eigenvalue weighted by Crippen LogP contribution is 2.22. The first-order valence-electron chi connectivity index (χ1n) is 10.3. The molecule has 2 aliphatic rings. The van der Waals surface area contributed by atoms with E-state index < -0.39 is 23.4 Å². The number of hydrogen-bond donors (Lipinski definition) is 2. The molecule has 0 unspecified atom stereocenters. The van der Waals surface area contributed by atoms with Crippen LogP contribution in [0.5, 0.6) is 0 Å². The van der Waals surface area contributed by atoms with Crippen molar-refractivity contribution >= 4 is 23.8 Å². The lowest BCUT2D eigenvalue weighted by atomic mass is 9.93. The number of amides is 5. The fourth-order valence-electron chi connectivity index (χ4n) is 3.80. The molecule has 30 heavy (non-hydrogen) atoms. The van der Waals surface area contributed by atoms with E-state index in [2.05, 4.69) is 10.7 Å². The molecule has 3 rings (SSSR count). The highest BCUT2D eigenvalue weighted by Gasteiger charge is 2.48. The predicted molar refractivity (Wildman–Crippen MR) is 110 cm³/mol. The molecular formula is C21H29N5O4. The Balaban J connectivity index is 1.53. The van der Waals surface area contributed by atoms with Crippen molar-refractivity contribution in [1.29, 1.82) is 0 Å². The van der Waals surface area contributed by atoms with E-state index in [4.69, 9.17) is 0 Å². The van der Waals surface area contributed by atoms with Gasteiger partial charge in [0, 0.05) is 33.1 Å². The van der Waals surface area contributed by atoms with E-state index in [9.17, 15) is 19.2 Å². The number of imide groups is 1. The number of carbonyl (C=O) groups is 4. The van der Waals surface area contributed by atoms with Crippen molar-refractivity contribution in [2.24, 2.45) is 0 Å². The molecule has 2 N–H and O–H groups in total. The average Bonchev–Trinajstić information content (AvgIpc) is 2.87. The topological polar surface area (TPSA) is 102 Å². The highest BCUT2D eigenvalue weighted by molar-refractivity contribution is 6.07. The van der Waals surface area contributed by atoms with Crippen LogP contribution < -0.4 is 10.7 Å². The summed E-state index contributed by atoms with van der Waals surface area (Å²) in [6.45, 7) is 5.74. The third kappa shape index (κ3) is 5.15. The smallest absolute Gasteiger partial charge is 0.342 e. The molecule has 5 amide bonds. The van der Waals surface area contributed by atoms with Gasteiger partial charge in [-0.3, -0.25) is 24.7 Å². The van der Waals surface area contributed by atoms with Crippen molar-refractivity contribution in [1.82, 2.24) is 25.6 Å². The fourth-order valence-corrected chi connectivity index (χ4v) is 3.80. The Bertz CT molecular complexity index is 815. The molecule has 2 saturated heterocycles. The Morgan fingerprint density at radius 3 is 2.53 bits per heavy atom. The first-order valence-corrected chi connectivity index (χ1v) is 10.3. The van der Waals surface area contributed by atoms with Crippen LogP contribution in [-0.4, -0.2) is 76.8 Å². The first-order chi connectivity index (χ1) is 14.3. The number of urea groups is 1. The standard InChI is InChI=1S/C21H29N5O4/c1-16(27)25-12-6-11-24(13-14-25)15-18(28)23-26-19(29)21(2,22-20(26)30)10-9-17-7-4-3-5-8-17/h3-5,7-8H,6,9-15H2,1-2H3,(H,22,30)(H,23,28)/t21-/m0/s1. The lowest BCUT2D eigenvalue weighted by Gasteiger charge is -2.23. The van der Waals surface area contributed by atoms with E-state index in [1.54, 1.807) is 11.8 Å². The second-order valence-corrected chi connectivity index (χ2v) is 8.06. The summed E-state index contributed by atoms with van der Waals surface area (Å²) in [6, 6.07) is 9.10. The van der Waals surface area contributed by atoms with Crippen LogP contribution >= 0.6 is 0 Å². The summed E-state index contributed by atoms with van der Waals surface area (Å²) < 4.78 is 0. The second kappa shape index (κ2) is 9.25. The highest BCUT2D eigenvalue weighted by atomic mass is 16.2. The van der Waals surface area contributed by atoms with Gasteiger partial charge in [0.25, 0.3) is 11.8 Å². The number of nitrogens with zero attached hydrogens (tertiary/aromatic N) is 3. The lowest BCUT2D eigenvalue weighted by molar-refractivity contribution is -0.139. The van der Waals surface area contributed by atoms with Crippen LogP contribution in [0.4, 0.5) is 4.79 Å². The van der Waals surface area contributed by atoms with Gasteiger partial charge in [-0.05, 0) is 31.7 Å². The van der Waals surface area contributed by atoms with E-state index in [-0.39, 0.29) is 12.5 Å². The van der Waals surface area contributed by atoms with Gasteiger partial charge in [0.05, 0.1) is 6.54 Å². The van der Waals surface area contributed by atoms with Crippen LogP contribution in [0.2, 0.25) is 0 Å². The molecule has 1 atom stereocenters. The zero-order valence-electron chi connectivity index (χ0n) is 17.5. The molecule has 9 heteroatoms. The molecule has 2 heterocycles. The Hall–Kier alpha value is -2.94. The normalized spacial score (nSPS) is 22.6. The van der Waals surface area contributed by atoms with Crippen LogP contribution in [0.3, 0.4) is 0 Å². The number of carbonyl (C=O) groups excluding carboxylic acids is 4. The minimum Gasteiger partial charge on any atom is -0.342 e. The maximum Gasteiger partial charge on any atom is 0.344 e. The van der Waals surface area contributed by atoms with E-state index in [0.717, 1.165) is 17.0 Å². The Kier molecular flexibility index (Phi) is 6.71. The quantitative estimate of drug-likeness (QED) is 0.660. The summed E-state index contributed by atoms with van der Waals surface area (Å²) in [6.07, 6.45) is 1.83. The average molecular weight is 415 g/mol. The summed E-state index contributed by atoms with van der Waals surface area (Å²) in [5, 5.41) is 3.49. The predicted octanol–water partition coefficient (Wildman–Crippen LogP) is 0.515. The summed E-state index contributed by atoms with van der Waals surface area (Å²) in [5.74, 6) is -0.868. The molecule has 0 bridgehead atoms. The van der Waals surface area contributed by atoms with Crippen molar-refractivity contribution in [3.63, 3.8) is 0 Å². The molecule has 0 radical (unpaired) electrons. The molecule has 9 nitrogen and oxygen atoms in total. The van der Waals surface area contributed by atoms with E-state index in [1.807, 2.05) is 35.2 Å².